The van der Waals surface area contributed by atoms with Crippen LogP contribution < -0.4 is 0 Å². The molecule has 0 amide bonds. The molecule has 0 unspecified atom stereocenters. The fourth-order valence-electron chi connectivity index (χ4n) is 1.68. The van der Waals surface area contributed by atoms with Crippen molar-refractivity contribution in [1.29, 1.82) is 0 Å². The minimum atomic E-state index is -0.960. The number of aryl methyl sites for hydroxylation is 1. The number of pyridine rings is 2. The Bertz CT molecular complexity index is 550. The van der Waals surface area contributed by atoms with Gasteiger partial charge >= 0.3 is 5.97 Å². The zero-order valence-corrected chi connectivity index (χ0v) is 10.1. The molecule has 0 spiro atoms. The second kappa shape index (κ2) is 5.40. The number of hydrogen-bond acceptors (Lipinski definition) is 3. The molecule has 0 saturated carbocycles. The summed E-state index contributed by atoms with van der Waals surface area (Å²) < 4.78 is 0. The molecule has 2 aromatic rings. The van der Waals surface area contributed by atoms with Crippen LogP contribution in [-0.2, 0) is 12.8 Å². The van der Waals surface area contributed by atoms with Gasteiger partial charge in [0.05, 0.1) is 5.56 Å². The third kappa shape index (κ3) is 2.91. The van der Waals surface area contributed by atoms with Gasteiger partial charge in [-0.25, -0.2) is 4.79 Å². The van der Waals surface area contributed by atoms with E-state index in [4.69, 9.17) is 5.11 Å². The third-order valence-corrected chi connectivity index (χ3v) is 2.72. The van der Waals surface area contributed by atoms with Crippen LogP contribution in [0.5, 0.6) is 0 Å². The van der Waals surface area contributed by atoms with Crippen molar-refractivity contribution in [3.8, 4) is 0 Å². The molecule has 0 aliphatic heterocycles. The average Bonchev–Trinajstić information content (AvgIpc) is 2.40. The van der Waals surface area contributed by atoms with Gasteiger partial charge in [-0.3, -0.25) is 9.97 Å². The molecule has 1 N–H and O–H groups in total. The van der Waals surface area contributed by atoms with E-state index in [0.29, 0.717) is 6.42 Å². The Morgan fingerprint density at radius 3 is 2.67 bits per heavy atom. The molecule has 0 aliphatic rings. The van der Waals surface area contributed by atoms with E-state index in [1.54, 1.807) is 12.3 Å². The summed E-state index contributed by atoms with van der Waals surface area (Å²) in [6, 6.07) is 5.63. The first-order chi connectivity index (χ1) is 8.69. The Hall–Kier alpha value is -2.23. The van der Waals surface area contributed by atoms with Crippen LogP contribution >= 0.6 is 0 Å². The van der Waals surface area contributed by atoms with Crippen LogP contribution in [0.3, 0.4) is 0 Å². The molecule has 0 aliphatic carbocycles. The van der Waals surface area contributed by atoms with E-state index in [1.807, 2.05) is 18.3 Å². The summed E-state index contributed by atoms with van der Waals surface area (Å²) in [5.74, 6) is -0.960. The Morgan fingerprint density at radius 1 is 1.22 bits per heavy atom. The second-order valence-electron chi connectivity index (χ2n) is 4.08. The number of carboxylic acids is 1. The highest BCUT2D eigenvalue weighted by Crippen LogP contribution is 2.09. The quantitative estimate of drug-likeness (QED) is 0.893. The summed E-state index contributed by atoms with van der Waals surface area (Å²) in [5.41, 5.74) is 3.16. The molecule has 0 aromatic carbocycles. The van der Waals surface area contributed by atoms with Crippen molar-refractivity contribution in [2.24, 2.45) is 0 Å². The van der Waals surface area contributed by atoms with E-state index in [0.717, 1.165) is 17.7 Å². The van der Waals surface area contributed by atoms with Crippen LogP contribution in [-0.4, -0.2) is 21.0 Å². The van der Waals surface area contributed by atoms with Gasteiger partial charge < -0.3 is 5.11 Å². The van der Waals surface area contributed by atoms with Crippen LogP contribution in [0.1, 0.15) is 34.1 Å². The molecule has 0 atom stereocenters. The molecule has 0 saturated heterocycles. The van der Waals surface area contributed by atoms with Crippen molar-refractivity contribution >= 4 is 5.97 Å². The maximum absolute atomic E-state index is 10.8. The smallest absolute Gasteiger partial charge is 0.337 e. The van der Waals surface area contributed by atoms with Crippen LogP contribution in [0.4, 0.5) is 0 Å². The maximum atomic E-state index is 10.8. The highest BCUT2D eigenvalue weighted by Gasteiger charge is 2.05. The van der Waals surface area contributed by atoms with Crippen molar-refractivity contribution in [1.82, 2.24) is 9.97 Å². The van der Waals surface area contributed by atoms with Crippen molar-refractivity contribution in [2.45, 2.75) is 19.8 Å². The zero-order chi connectivity index (χ0) is 13.0. The van der Waals surface area contributed by atoms with Crippen LogP contribution in [0, 0.1) is 0 Å². The number of hydrogen-bond donors (Lipinski definition) is 1. The van der Waals surface area contributed by atoms with Gasteiger partial charge in [-0.15, -0.1) is 0 Å². The number of aromatic carboxylic acids is 1. The Labute approximate surface area is 105 Å². The molecule has 4 nitrogen and oxygen atoms in total. The fourth-order valence-corrected chi connectivity index (χ4v) is 1.68. The van der Waals surface area contributed by atoms with Crippen molar-refractivity contribution in [3.05, 3.63) is 59.2 Å². The van der Waals surface area contributed by atoms with E-state index in [9.17, 15) is 4.79 Å². The predicted molar refractivity (Wildman–Crippen MR) is 67.6 cm³/mol. The molecule has 92 valence electrons. The Balaban J connectivity index is 2.17. The van der Waals surface area contributed by atoms with E-state index < -0.39 is 5.97 Å². The van der Waals surface area contributed by atoms with Crippen molar-refractivity contribution in [3.63, 3.8) is 0 Å². The molecule has 0 bridgehead atoms. The van der Waals surface area contributed by atoms with Crippen LogP contribution in [0.15, 0.2) is 36.8 Å². The largest absolute Gasteiger partial charge is 0.478 e. The summed E-state index contributed by atoms with van der Waals surface area (Å²) in [6.45, 7) is 2.08. The van der Waals surface area contributed by atoms with Gasteiger partial charge in [0.15, 0.2) is 0 Å². The first-order valence-electron chi connectivity index (χ1n) is 5.80. The predicted octanol–water partition coefficient (Wildman–Crippen LogP) is 2.33. The van der Waals surface area contributed by atoms with Crippen LogP contribution in [0.2, 0.25) is 0 Å². The number of carboxylic acid groups (broad SMARTS) is 1. The van der Waals surface area contributed by atoms with Crippen molar-refractivity contribution < 1.29 is 9.90 Å². The van der Waals surface area contributed by atoms with Gasteiger partial charge in [0, 0.05) is 30.7 Å². The summed E-state index contributed by atoms with van der Waals surface area (Å²) in [6.07, 6.45) is 6.42. The van der Waals surface area contributed by atoms with Gasteiger partial charge in [0.2, 0.25) is 0 Å². The molecule has 18 heavy (non-hydrogen) atoms. The average molecular weight is 242 g/mol. The summed E-state index contributed by atoms with van der Waals surface area (Å²) in [4.78, 5) is 19.1. The molecular weight excluding hydrogens is 228 g/mol. The number of aromatic nitrogens is 2. The molecule has 2 aromatic heterocycles. The van der Waals surface area contributed by atoms with E-state index in [2.05, 4.69) is 16.9 Å². The number of nitrogens with zero attached hydrogens (tertiary/aromatic N) is 2. The monoisotopic (exact) mass is 242 g/mol. The topological polar surface area (TPSA) is 63.1 Å². The number of rotatable bonds is 4. The fraction of sp³-hybridized carbons (Fsp3) is 0.214. The van der Waals surface area contributed by atoms with Gasteiger partial charge in [-0.1, -0.05) is 13.0 Å². The summed E-state index contributed by atoms with van der Waals surface area (Å²) in [5, 5.41) is 8.89. The molecule has 4 heteroatoms. The third-order valence-electron chi connectivity index (χ3n) is 2.72. The lowest BCUT2D eigenvalue weighted by molar-refractivity contribution is 0.0696. The Kier molecular flexibility index (Phi) is 3.67. The summed E-state index contributed by atoms with van der Waals surface area (Å²) in [7, 11) is 0. The first kappa shape index (κ1) is 12.2. The Morgan fingerprint density at radius 2 is 2.06 bits per heavy atom. The van der Waals surface area contributed by atoms with Gasteiger partial charge in [-0.2, -0.15) is 0 Å². The minimum Gasteiger partial charge on any atom is -0.478 e. The standard InChI is InChI=1S/C14H14N2O2/c1-2-10-3-4-13(16-8-10)6-11-5-12(14(17)18)9-15-7-11/h3-5,7-9H,2,6H2,1H3,(H,17,18). The lowest BCUT2D eigenvalue weighted by Crippen LogP contribution is -2.00. The molecule has 2 heterocycles. The molecule has 0 radical (unpaired) electrons. The highest BCUT2D eigenvalue weighted by atomic mass is 16.4. The second-order valence-corrected chi connectivity index (χ2v) is 4.08. The van der Waals surface area contributed by atoms with E-state index in [-0.39, 0.29) is 5.56 Å². The lowest BCUT2D eigenvalue weighted by Gasteiger charge is -2.03. The molecule has 0 fully saturated rings. The van der Waals surface area contributed by atoms with E-state index >= 15 is 0 Å². The van der Waals surface area contributed by atoms with Gasteiger partial charge in [0.25, 0.3) is 0 Å². The molecular formula is C14H14N2O2. The molecule has 2 rings (SSSR count). The van der Waals surface area contributed by atoms with Crippen LogP contribution in [0.25, 0.3) is 0 Å². The highest BCUT2D eigenvalue weighted by molar-refractivity contribution is 5.87. The van der Waals surface area contributed by atoms with Gasteiger partial charge in [0.1, 0.15) is 0 Å². The number of carbonyl (C=O) groups is 1. The van der Waals surface area contributed by atoms with E-state index in [1.165, 1.54) is 11.8 Å². The maximum Gasteiger partial charge on any atom is 0.337 e. The van der Waals surface area contributed by atoms with Crippen molar-refractivity contribution in [2.75, 3.05) is 0 Å². The zero-order valence-electron chi connectivity index (χ0n) is 10.1. The summed E-state index contributed by atoms with van der Waals surface area (Å²) >= 11 is 0. The normalized spacial score (nSPS) is 10.3. The first-order valence-corrected chi connectivity index (χ1v) is 5.80. The minimum absolute atomic E-state index is 0.206. The lowest BCUT2D eigenvalue weighted by atomic mass is 10.1. The van der Waals surface area contributed by atoms with Gasteiger partial charge in [-0.05, 0) is 29.7 Å². The SMILES string of the molecule is CCc1ccc(Cc2cncc(C(=O)O)c2)nc1.